The zero-order valence-electron chi connectivity index (χ0n) is 10.7. The fourth-order valence-electron chi connectivity index (χ4n) is 1.57. The van der Waals surface area contributed by atoms with Gasteiger partial charge in [0.05, 0.1) is 6.54 Å². The highest BCUT2D eigenvalue weighted by atomic mass is 16.2. The Bertz CT molecular complexity index is 275. The van der Waals surface area contributed by atoms with Gasteiger partial charge in [0.2, 0.25) is 11.8 Å². The molecule has 0 radical (unpaired) electrons. The molecular weight excluding hydrogens is 218 g/mol. The number of carbonyl (C=O) groups is 2. The van der Waals surface area contributed by atoms with Gasteiger partial charge in [0.15, 0.2) is 0 Å². The topological polar surface area (TPSA) is 75.4 Å². The Morgan fingerprint density at radius 2 is 2.12 bits per heavy atom. The summed E-state index contributed by atoms with van der Waals surface area (Å²) in [6.45, 7) is 2.09. The Balaban J connectivity index is 2.14. The van der Waals surface area contributed by atoms with E-state index in [9.17, 15) is 9.59 Å². The van der Waals surface area contributed by atoms with Crippen LogP contribution in [0.15, 0.2) is 0 Å². The van der Waals surface area contributed by atoms with E-state index in [4.69, 9.17) is 5.73 Å². The zero-order valence-corrected chi connectivity index (χ0v) is 10.7. The fourth-order valence-corrected chi connectivity index (χ4v) is 1.57. The second-order valence-electron chi connectivity index (χ2n) is 4.96. The van der Waals surface area contributed by atoms with Crippen LogP contribution >= 0.6 is 0 Å². The molecule has 0 bridgehead atoms. The third kappa shape index (κ3) is 6.26. The highest BCUT2D eigenvalue weighted by Crippen LogP contribution is 2.18. The Hall–Kier alpha value is -1.10. The summed E-state index contributed by atoms with van der Waals surface area (Å²) in [6.07, 6.45) is 4.23. The van der Waals surface area contributed by atoms with Crippen molar-refractivity contribution in [2.45, 2.75) is 51.1 Å². The molecule has 1 aliphatic rings. The number of hydrogen-bond acceptors (Lipinski definition) is 3. The molecule has 1 fully saturated rings. The number of nitrogens with zero attached hydrogens (tertiary/aromatic N) is 1. The minimum atomic E-state index is -0.0597. The quantitative estimate of drug-likeness (QED) is 0.670. The average Bonchev–Trinajstić information content (AvgIpc) is 3.00. The minimum Gasteiger partial charge on any atom is -0.352 e. The summed E-state index contributed by atoms with van der Waals surface area (Å²) in [5.41, 5.74) is 5.61. The lowest BCUT2D eigenvalue weighted by atomic mass is 10.1. The van der Waals surface area contributed by atoms with Crippen LogP contribution in [0.3, 0.4) is 0 Å². The number of carbonyl (C=O) groups excluding carboxylic acids is 2. The van der Waals surface area contributed by atoms with Crippen LogP contribution in [0.25, 0.3) is 0 Å². The van der Waals surface area contributed by atoms with Crippen molar-refractivity contribution in [3.05, 3.63) is 0 Å². The molecule has 0 aromatic heterocycles. The molecule has 0 aliphatic heterocycles. The molecule has 1 atom stereocenters. The molecule has 1 saturated carbocycles. The maximum absolute atomic E-state index is 11.7. The van der Waals surface area contributed by atoms with E-state index in [-0.39, 0.29) is 24.4 Å². The zero-order chi connectivity index (χ0) is 12.8. The lowest BCUT2D eigenvalue weighted by Crippen LogP contribution is -2.39. The second kappa shape index (κ2) is 6.59. The fraction of sp³-hybridized carbons (Fsp3) is 0.833. The Morgan fingerprint density at radius 1 is 1.47 bits per heavy atom. The van der Waals surface area contributed by atoms with Crippen LogP contribution in [-0.4, -0.2) is 42.4 Å². The van der Waals surface area contributed by atoms with Gasteiger partial charge in [-0.15, -0.1) is 0 Å². The summed E-state index contributed by atoms with van der Waals surface area (Å²) in [6, 6.07) is 0.482. The van der Waals surface area contributed by atoms with Crippen LogP contribution in [0, 0.1) is 0 Å². The van der Waals surface area contributed by atoms with E-state index in [0.29, 0.717) is 12.5 Å². The third-order valence-electron chi connectivity index (χ3n) is 2.80. The molecule has 0 heterocycles. The molecule has 3 N–H and O–H groups in total. The molecule has 5 heteroatoms. The first-order valence-corrected chi connectivity index (χ1v) is 6.28. The monoisotopic (exact) mass is 241 g/mol. The predicted molar refractivity (Wildman–Crippen MR) is 66.3 cm³/mol. The van der Waals surface area contributed by atoms with Gasteiger partial charge < -0.3 is 16.0 Å². The summed E-state index contributed by atoms with van der Waals surface area (Å²) >= 11 is 0. The lowest BCUT2D eigenvalue weighted by Gasteiger charge is -2.17. The molecule has 0 saturated heterocycles. The highest BCUT2D eigenvalue weighted by molar-refractivity contribution is 5.84. The Morgan fingerprint density at radius 3 is 2.65 bits per heavy atom. The standard InChI is InChI=1S/C12H23N3O2/c1-9(13)4-3-5-12(17)15(2)8-11(16)14-10-6-7-10/h9-10H,3-8,13H2,1-2H3,(H,14,16). The van der Waals surface area contributed by atoms with Crippen LogP contribution in [0.5, 0.6) is 0 Å². The SMILES string of the molecule is CC(N)CCCC(=O)N(C)CC(=O)NC1CC1. The number of amides is 2. The highest BCUT2D eigenvalue weighted by Gasteiger charge is 2.24. The van der Waals surface area contributed by atoms with Crippen molar-refractivity contribution < 1.29 is 9.59 Å². The van der Waals surface area contributed by atoms with Gasteiger partial charge in [-0.3, -0.25) is 9.59 Å². The van der Waals surface area contributed by atoms with Gasteiger partial charge >= 0.3 is 0 Å². The van der Waals surface area contributed by atoms with E-state index >= 15 is 0 Å². The molecule has 1 rings (SSSR count). The summed E-state index contributed by atoms with van der Waals surface area (Å²) in [5, 5.41) is 2.86. The van der Waals surface area contributed by atoms with Crippen LogP contribution < -0.4 is 11.1 Å². The first-order chi connectivity index (χ1) is 7.99. The van der Waals surface area contributed by atoms with Crippen molar-refractivity contribution in [1.82, 2.24) is 10.2 Å². The molecule has 1 aliphatic carbocycles. The molecule has 0 aromatic carbocycles. The number of hydrogen-bond donors (Lipinski definition) is 2. The third-order valence-corrected chi connectivity index (χ3v) is 2.80. The normalized spacial score (nSPS) is 16.4. The van der Waals surface area contributed by atoms with E-state index in [1.807, 2.05) is 6.92 Å². The van der Waals surface area contributed by atoms with Gasteiger partial charge in [0.25, 0.3) is 0 Å². The summed E-state index contributed by atoms with van der Waals surface area (Å²) in [4.78, 5) is 24.6. The van der Waals surface area contributed by atoms with E-state index in [0.717, 1.165) is 25.7 Å². The lowest BCUT2D eigenvalue weighted by molar-refractivity contribution is -0.134. The van der Waals surface area contributed by atoms with Crippen LogP contribution in [0.2, 0.25) is 0 Å². The van der Waals surface area contributed by atoms with Crippen molar-refractivity contribution >= 4 is 11.8 Å². The van der Waals surface area contributed by atoms with E-state index < -0.39 is 0 Å². The first kappa shape index (κ1) is 14.0. The van der Waals surface area contributed by atoms with Crippen LogP contribution in [-0.2, 0) is 9.59 Å². The molecular formula is C12H23N3O2. The van der Waals surface area contributed by atoms with E-state index in [1.165, 1.54) is 4.90 Å². The van der Waals surface area contributed by atoms with Gasteiger partial charge in [0, 0.05) is 25.6 Å². The number of nitrogens with one attached hydrogen (secondary N) is 1. The van der Waals surface area contributed by atoms with Crippen molar-refractivity contribution in [1.29, 1.82) is 0 Å². The van der Waals surface area contributed by atoms with E-state index in [2.05, 4.69) is 5.32 Å². The molecule has 5 nitrogen and oxygen atoms in total. The van der Waals surface area contributed by atoms with Gasteiger partial charge in [-0.05, 0) is 32.6 Å². The van der Waals surface area contributed by atoms with Gasteiger partial charge in [-0.2, -0.15) is 0 Å². The molecule has 2 amide bonds. The van der Waals surface area contributed by atoms with Crippen molar-refractivity contribution in [3.8, 4) is 0 Å². The summed E-state index contributed by atoms with van der Waals surface area (Å²) < 4.78 is 0. The average molecular weight is 241 g/mol. The van der Waals surface area contributed by atoms with Crippen LogP contribution in [0.1, 0.15) is 39.0 Å². The van der Waals surface area contributed by atoms with Gasteiger partial charge in [-0.1, -0.05) is 0 Å². The minimum absolute atomic E-state index is 0.0107. The Labute approximate surface area is 103 Å². The largest absolute Gasteiger partial charge is 0.352 e. The first-order valence-electron chi connectivity index (χ1n) is 6.28. The molecule has 0 spiro atoms. The maximum Gasteiger partial charge on any atom is 0.239 e. The number of likely N-dealkylation sites (N-methyl/N-ethyl adjacent to an activating group) is 1. The van der Waals surface area contributed by atoms with Gasteiger partial charge in [-0.25, -0.2) is 0 Å². The maximum atomic E-state index is 11.7. The van der Waals surface area contributed by atoms with Crippen molar-refractivity contribution in [2.24, 2.45) is 5.73 Å². The van der Waals surface area contributed by atoms with Crippen molar-refractivity contribution in [3.63, 3.8) is 0 Å². The molecule has 0 aromatic rings. The smallest absolute Gasteiger partial charge is 0.239 e. The molecule has 17 heavy (non-hydrogen) atoms. The number of nitrogens with two attached hydrogens (primary N) is 1. The Kier molecular flexibility index (Phi) is 5.41. The molecule has 98 valence electrons. The predicted octanol–water partition coefficient (Wildman–Crippen LogP) is 0.241. The number of rotatable bonds is 7. The van der Waals surface area contributed by atoms with Crippen molar-refractivity contribution in [2.75, 3.05) is 13.6 Å². The second-order valence-corrected chi connectivity index (χ2v) is 4.96. The van der Waals surface area contributed by atoms with Crippen LogP contribution in [0.4, 0.5) is 0 Å². The summed E-state index contributed by atoms with van der Waals surface area (Å²) in [5.74, 6) is -0.0489. The summed E-state index contributed by atoms with van der Waals surface area (Å²) in [7, 11) is 1.67. The molecule has 1 unspecified atom stereocenters. The van der Waals surface area contributed by atoms with Gasteiger partial charge in [0.1, 0.15) is 0 Å². The van der Waals surface area contributed by atoms with E-state index in [1.54, 1.807) is 7.05 Å².